The van der Waals surface area contributed by atoms with Crippen molar-refractivity contribution in [1.29, 1.82) is 0 Å². The summed E-state index contributed by atoms with van der Waals surface area (Å²) in [5.74, 6) is 1.06. The molecule has 0 aliphatic rings. The number of rotatable bonds is 7. The first-order valence-corrected chi connectivity index (χ1v) is 9.14. The molecule has 2 aromatic carbocycles. The number of benzene rings is 2. The van der Waals surface area contributed by atoms with Gasteiger partial charge in [-0.25, -0.2) is 0 Å². The average Bonchev–Trinajstić information content (AvgIpc) is 3.16. The van der Waals surface area contributed by atoms with Crippen LogP contribution in [0.5, 0.6) is 11.5 Å². The maximum atomic E-state index is 12.6. The Balaban J connectivity index is 1.72. The van der Waals surface area contributed by atoms with Gasteiger partial charge in [-0.05, 0) is 19.1 Å². The van der Waals surface area contributed by atoms with Crippen LogP contribution in [0, 0.1) is 0 Å². The van der Waals surface area contributed by atoms with Crippen LogP contribution in [0.25, 0.3) is 5.69 Å². The largest absolute Gasteiger partial charge is 0.497 e. The van der Waals surface area contributed by atoms with Crippen LogP contribution >= 0.6 is 11.8 Å². The van der Waals surface area contributed by atoms with E-state index in [9.17, 15) is 4.79 Å². The lowest BCUT2D eigenvalue weighted by Gasteiger charge is -2.14. The molecule has 1 unspecified atom stereocenters. The normalized spacial score (nSPS) is 11.7. The van der Waals surface area contributed by atoms with Gasteiger partial charge in [-0.15, -0.1) is 10.2 Å². The van der Waals surface area contributed by atoms with Crippen molar-refractivity contribution in [3.63, 3.8) is 0 Å². The molecular formula is C19H20N4O3S. The summed E-state index contributed by atoms with van der Waals surface area (Å²) in [7, 11) is 3.13. The highest BCUT2D eigenvalue weighted by molar-refractivity contribution is 8.00. The number of hydrogen-bond acceptors (Lipinski definition) is 6. The lowest BCUT2D eigenvalue weighted by Crippen LogP contribution is -2.22. The van der Waals surface area contributed by atoms with Crippen LogP contribution in [0.1, 0.15) is 6.92 Å². The molecule has 0 bridgehead atoms. The van der Waals surface area contributed by atoms with E-state index in [4.69, 9.17) is 9.47 Å². The number of carbonyl (C=O) groups is 1. The second-order valence-electron chi connectivity index (χ2n) is 5.67. The number of nitrogens with zero attached hydrogens (tertiary/aromatic N) is 3. The highest BCUT2D eigenvalue weighted by atomic mass is 32.2. The predicted octanol–water partition coefficient (Wildman–Crippen LogP) is 3.40. The van der Waals surface area contributed by atoms with Gasteiger partial charge in [-0.1, -0.05) is 30.0 Å². The molecule has 3 aromatic rings. The summed E-state index contributed by atoms with van der Waals surface area (Å²) in [6.07, 6.45) is 1.63. The number of methoxy groups -OCH3 is 2. The molecule has 0 fully saturated rings. The van der Waals surface area contributed by atoms with Crippen molar-refractivity contribution < 1.29 is 14.3 Å². The minimum absolute atomic E-state index is 0.155. The summed E-state index contributed by atoms with van der Waals surface area (Å²) < 4.78 is 12.3. The first-order valence-electron chi connectivity index (χ1n) is 8.26. The molecule has 3 rings (SSSR count). The smallest absolute Gasteiger partial charge is 0.237 e. The van der Waals surface area contributed by atoms with Gasteiger partial charge in [0.05, 0.1) is 19.5 Å². The number of ether oxygens (including phenoxy) is 2. The highest BCUT2D eigenvalue weighted by Crippen LogP contribution is 2.28. The maximum Gasteiger partial charge on any atom is 0.237 e. The minimum Gasteiger partial charge on any atom is -0.497 e. The number of hydrogen-bond donors (Lipinski definition) is 1. The van der Waals surface area contributed by atoms with Gasteiger partial charge in [0.25, 0.3) is 0 Å². The number of anilines is 1. The van der Waals surface area contributed by atoms with E-state index in [1.165, 1.54) is 11.8 Å². The van der Waals surface area contributed by atoms with E-state index in [1.807, 2.05) is 41.8 Å². The Morgan fingerprint density at radius 2 is 1.78 bits per heavy atom. The lowest BCUT2D eigenvalue weighted by atomic mass is 10.2. The molecular weight excluding hydrogens is 364 g/mol. The first kappa shape index (κ1) is 18.8. The zero-order valence-corrected chi connectivity index (χ0v) is 16.1. The van der Waals surface area contributed by atoms with Crippen molar-refractivity contribution >= 4 is 23.4 Å². The van der Waals surface area contributed by atoms with Gasteiger partial charge in [0.15, 0.2) is 5.16 Å². The second-order valence-corrected chi connectivity index (χ2v) is 6.98. The van der Waals surface area contributed by atoms with E-state index >= 15 is 0 Å². The number of amides is 1. The van der Waals surface area contributed by atoms with E-state index in [2.05, 4.69) is 15.5 Å². The number of carbonyl (C=O) groups excluding carboxylic acids is 1. The molecule has 0 saturated carbocycles. The topological polar surface area (TPSA) is 78.3 Å². The van der Waals surface area contributed by atoms with Crippen molar-refractivity contribution in [3.8, 4) is 17.2 Å². The van der Waals surface area contributed by atoms with Crippen LogP contribution in [0.3, 0.4) is 0 Å². The Hall–Kier alpha value is -3.00. The Labute approximate surface area is 161 Å². The van der Waals surface area contributed by atoms with Gasteiger partial charge in [0, 0.05) is 29.6 Å². The minimum atomic E-state index is -0.381. The van der Waals surface area contributed by atoms with Crippen LogP contribution in [-0.4, -0.2) is 40.1 Å². The summed E-state index contributed by atoms with van der Waals surface area (Å²) in [6, 6.07) is 15.0. The average molecular weight is 384 g/mol. The number of thioether (sulfide) groups is 1. The van der Waals surface area contributed by atoms with E-state index in [0.717, 1.165) is 5.69 Å². The van der Waals surface area contributed by atoms with Gasteiger partial charge in [0.1, 0.15) is 17.8 Å². The second kappa shape index (κ2) is 8.59. The van der Waals surface area contributed by atoms with Gasteiger partial charge >= 0.3 is 0 Å². The molecule has 0 saturated heterocycles. The standard InChI is InChI=1S/C19H20N4O3S/c1-13(18(24)21-14-9-16(25-2)11-17(10-14)26-3)27-19-22-20-12-23(19)15-7-5-4-6-8-15/h4-13H,1-3H3,(H,21,24). The molecule has 27 heavy (non-hydrogen) atoms. The first-order chi connectivity index (χ1) is 13.1. The predicted molar refractivity (Wildman–Crippen MR) is 105 cm³/mol. The summed E-state index contributed by atoms with van der Waals surface area (Å²) in [6.45, 7) is 1.82. The third-order valence-corrected chi connectivity index (χ3v) is 4.88. The molecule has 140 valence electrons. The fraction of sp³-hybridized carbons (Fsp3) is 0.211. The van der Waals surface area contributed by atoms with E-state index in [0.29, 0.717) is 22.3 Å². The molecule has 8 heteroatoms. The fourth-order valence-corrected chi connectivity index (χ4v) is 3.25. The van der Waals surface area contributed by atoms with Crippen LogP contribution < -0.4 is 14.8 Å². The monoisotopic (exact) mass is 384 g/mol. The highest BCUT2D eigenvalue weighted by Gasteiger charge is 2.19. The molecule has 7 nitrogen and oxygen atoms in total. The van der Waals surface area contributed by atoms with E-state index < -0.39 is 0 Å². The van der Waals surface area contributed by atoms with Crippen LogP contribution in [0.2, 0.25) is 0 Å². The van der Waals surface area contributed by atoms with Crippen LogP contribution in [0.15, 0.2) is 60.0 Å². The van der Waals surface area contributed by atoms with Crippen molar-refractivity contribution in [3.05, 3.63) is 54.9 Å². The van der Waals surface area contributed by atoms with Gasteiger partial charge in [-0.3, -0.25) is 9.36 Å². The van der Waals surface area contributed by atoms with Crippen molar-refractivity contribution in [1.82, 2.24) is 14.8 Å². The van der Waals surface area contributed by atoms with E-state index in [1.54, 1.807) is 38.7 Å². The van der Waals surface area contributed by atoms with Crippen LogP contribution in [-0.2, 0) is 4.79 Å². The Morgan fingerprint density at radius 1 is 1.11 bits per heavy atom. The van der Waals surface area contributed by atoms with E-state index in [-0.39, 0.29) is 11.2 Å². The zero-order chi connectivity index (χ0) is 19.2. The molecule has 1 aromatic heterocycles. The third kappa shape index (κ3) is 4.59. The lowest BCUT2D eigenvalue weighted by molar-refractivity contribution is -0.115. The molecule has 0 spiro atoms. The van der Waals surface area contributed by atoms with Gasteiger partial charge in [0.2, 0.25) is 5.91 Å². The Morgan fingerprint density at radius 3 is 2.41 bits per heavy atom. The van der Waals surface area contributed by atoms with Crippen molar-refractivity contribution in [2.45, 2.75) is 17.3 Å². The molecule has 1 N–H and O–H groups in total. The summed E-state index contributed by atoms with van der Waals surface area (Å²) in [5.41, 5.74) is 1.54. The number of aromatic nitrogens is 3. The SMILES string of the molecule is COc1cc(NC(=O)C(C)Sc2nncn2-c2ccccc2)cc(OC)c1. The molecule has 0 aliphatic heterocycles. The summed E-state index contributed by atoms with van der Waals surface area (Å²) in [4.78, 5) is 12.6. The van der Waals surface area contributed by atoms with Crippen molar-refractivity contribution in [2.24, 2.45) is 0 Å². The quantitative estimate of drug-likeness (QED) is 0.629. The number of nitrogens with one attached hydrogen (secondary N) is 1. The molecule has 0 aliphatic carbocycles. The molecule has 0 radical (unpaired) electrons. The van der Waals surface area contributed by atoms with Crippen molar-refractivity contribution in [2.75, 3.05) is 19.5 Å². The zero-order valence-electron chi connectivity index (χ0n) is 15.2. The van der Waals surface area contributed by atoms with Gasteiger partial charge in [-0.2, -0.15) is 0 Å². The number of para-hydroxylation sites is 1. The summed E-state index contributed by atoms with van der Waals surface area (Å²) >= 11 is 1.33. The Kier molecular flexibility index (Phi) is 5.97. The Bertz CT molecular complexity index is 892. The molecule has 1 atom stereocenters. The summed E-state index contributed by atoms with van der Waals surface area (Å²) in [5, 5.41) is 11.3. The maximum absolute atomic E-state index is 12.6. The molecule has 1 heterocycles. The molecule has 1 amide bonds. The third-order valence-electron chi connectivity index (χ3n) is 3.82. The van der Waals surface area contributed by atoms with Gasteiger partial charge < -0.3 is 14.8 Å². The van der Waals surface area contributed by atoms with Crippen LogP contribution in [0.4, 0.5) is 5.69 Å². The fourth-order valence-electron chi connectivity index (χ4n) is 2.41.